The minimum atomic E-state index is -0.663. The van der Waals surface area contributed by atoms with Crippen LogP contribution in [0.15, 0.2) is 18.2 Å². The first-order valence-corrected chi connectivity index (χ1v) is 6.51. The van der Waals surface area contributed by atoms with Crippen molar-refractivity contribution in [2.45, 2.75) is 19.9 Å². The molecule has 4 N–H and O–H groups in total. The smallest absolute Gasteiger partial charge is 0.243 e. The molecule has 6 nitrogen and oxygen atoms in total. The topological polar surface area (TPSA) is 93.5 Å². The van der Waals surface area contributed by atoms with Crippen molar-refractivity contribution in [3.05, 3.63) is 24.0 Å². The molecule has 0 unspecified atom stereocenters. The number of methoxy groups -OCH3 is 1. The fraction of sp³-hybridized carbons (Fsp3) is 0.429. The number of nitrogens with two attached hydrogens (primary N) is 1. The van der Waals surface area contributed by atoms with E-state index in [2.05, 4.69) is 10.6 Å². The number of nitrogens with one attached hydrogen (secondary N) is 2. The van der Waals surface area contributed by atoms with E-state index in [9.17, 15) is 14.0 Å². The summed E-state index contributed by atoms with van der Waals surface area (Å²) in [6.07, 6.45) is 0. The van der Waals surface area contributed by atoms with Gasteiger partial charge in [0, 0.05) is 11.8 Å². The normalized spacial score (nSPS) is 11.4. The summed E-state index contributed by atoms with van der Waals surface area (Å²) in [4.78, 5) is 23.3. The number of carbonyl (C=O) groups is 2. The van der Waals surface area contributed by atoms with E-state index in [-0.39, 0.29) is 30.6 Å². The Balaban J connectivity index is 0.00000441. The highest BCUT2D eigenvalue weighted by Crippen LogP contribution is 2.21. The second-order valence-electron chi connectivity index (χ2n) is 4.89. The van der Waals surface area contributed by atoms with E-state index in [1.165, 1.54) is 25.3 Å². The Kier molecular flexibility index (Phi) is 8.44. The molecule has 22 heavy (non-hydrogen) atoms. The molecular formula is C14H21ClFN3O3. The molecule has 1 aromatic carbocycles. The molecule has 0 fully saturated rings. The third-order valence-electron chi connectivity index (χ3n) is 2.88. The van der Waals surface area contributed by atoms with E-state index in [1.54, 1.807) is 0 Å². The summed E-state index contributed by atoms with van der Waals surface area (Å²) in [6, 6.07) is 3.28. The average Bonchev–Trinajstić information content (AvgIpc) is 2.45. The number of benzene rings is 1. The van der Waals surface area contributed by atoms with E-state index in [4.69, 9.17) is 10.5 Å². The van der Waals surface area contributed by atoms with Crippen molar-refractivity contribution in [1.29, 1.82) is 0 Å². The summed E-state index contributed by atoms with van der Waals surface area (Å²) in [5.41, 5.74) is 6.03. The van der Waals surface area contributed by atoms with Crippen LogP contribution in [0.2, 0.25) is 0 Å². The highest BCUT2D eigenvalue weighted by molar-refractivity contribution is 5.95. The van der Waals surface area contributed by atoms with Gasteiger partial charge in [0.25, 0.3) is 0 Å². The lowest BCUT2D eigenvalue weighted by atomic mass is 10.1. The molecule has 1 aromatic rings. The van der Waals surface area contributed by atoms with Crippen molar-refractivity contribution in [2.75, 3.05) is 19.0 Å². The molecule has 0 radical (unpaired) electrons. The van der Waals surface area contributed by atoms with Gasteiger partial charge >= 0.3 is 0 Å². The fourth-order valence-electron chi connectivity index (χ4n) is 1.53. The van der Waals surface area contributed by atoms with Crippen LogP contribution in [0, 0.1) is 11.7 Å². The Morgan fingerprint density at radius 3 is 2.55 bits per heavy atom. The van der Waals surface area contributed by atoms with Gasteiger partial charge in [-0.3, -0.25) is 9.59 Å². The van der Waals surface area contributed by atoms with Gasteiger partial charge in [0.2, 0.25) is 11.8 Å². The molecule has 0 aliphatic heterocycles. The van der Waals surface area contributed by atoms with Crippen LogP contribution in [0.25, 0.3) is 0 Å². The number of hydrogen-bond donors (Lipinski definition) is 3. The number of amides is 2. The van der Waals surface area contributed by atoms with Crippen molar-refractivity contribution in [2.24, 2.45) is 11.7 Å². The van der Waals surface area contributed by atoms with Crippen molar-refractivity contribution in [3.63, 3.8) is 0 Å². The number of ether oxygens (including phenoxy) is 1. The Bertz CT molecular complexity index is 526. The van der Waals surface area contributed by atoms with Gasteiger partial charge in [-0.2, -0.15) is 0 Å². The minimum Gasteiger partial charge on any atom is -0.494 e. The standard InChI is InChI=1S/C14H20FN3O3.ClH/c1-8(2)13(16)14(20)17-7-12(19)18-9-4-5-10(15)11(6-9)21-3;/h4-6,8,13H,7,16H2,1-3H3,(H,17,20)(H,18,19);1H/t13-;/m0./s1. The molecule has 0 saturated heterocycles. The van der Waals surface area contributed by atoms with E-state index >= 15 is 0 Å². The summed E-state index contributed by atoms with van der Waals surface area (Å²) >= 11 is 0. The van der Waals surface area contributed by atoms with E-state index in [0.29, 0.717) is 5.69 Å². The molecule has 0 saturated carbocycles. The lowest BCUT2D eigenvalue weighted by Crippen LogP contribution is -2.46. The molecule has 124 valence electrons. The fourth-order valence-corrected chi connectivity index (χ4v) is 1.53. The predicted octanol–water partition coefficient (Wildman–Crippen LogP) is 1.29. The average molecular weight is 334 g/mol. The zero-order chi connectivity index (χ0) is 16.0. The summed E-state index contributed by atoms with van der Waals surface area (Å²) < 4.78 is 18.0. The highest BCUT2D eigenvalue weighted by atomic mass is 35.5. The van der Waals surface area contributed by atoms with Gasteiger partial charge in [0.1, 0.15) is 0 Å². The Morgan fingerprint density at radius 2 is 2.00 bits per heavy atom. The van der Waals surface area contributed by atoms with Crippen molar-refractivity contribution in [1.82, 2.24) is 5.32 Å². The molecule has 1 atom stereocenters. The molecule has 8 heteroatoms. The summed E-state index contributed by atoms with van der Waals surface area (Å²) in [7, 11) is 1.33. The minimum absolute atomic E-state index is 0. The predicted molar refractivity (Wildman–Crippen MR) is 84.7 cm³/mol. The second kappa shape index (κ2) is 9.22. The first-order chi connectivity index (χ1) is 9.85. The third-order valence-corrected chi connectivity index (χ3v) is 2.88. The van der Waals surface area contributed by atoms with Gasteiger partial charge in [0.05, 0.1) is 19.7 Å². The van der Waals surface area contributed by atoms with Gasteiger partial charge < -0.3 is 21.1 Å². The quantitative estimate of drug-likeness (QED) is 0.731. The molecule has 1 rings (SSSR count). The first kappa shape index (κ1) is 20.1. The zero-order valence-corrected chi connectivity index (χ0v) is 13.5. The highest BCUT2D eigenvalue weighted by Gasteiger charge is 2.17. The molecular weight excluding hydrogens is 313 g/mol. The van der Waals surface area contributed by atoms with Crippen molar-refractivity contribution >= 4 is 29.9 Å². The zero-order valence-electron chi connectivity index (χ0n) is 12.7. The van der Waals surface area contributed by atoms with Crippen molar-refractivity contribution < 1.29 is 18.7 Å². The van der Waals surface area contributed by atoms with Crippen LogP contribution in [-0.2, 0) is 9.59 Å². The van der Waals surface area contributed by atoms with E-state index in [0.717, 1.165) is 0 Å². The van der Waals surface area contributed by atoms with Crippen molar-refractivity contribution in [3.8, 4) is 5.75 Å². The van der Waals surface area contributed by atoms with Crippen LogP contribution in [0.5, 0.6) is 5.75 Å². The number of anilines is 1. The molecule has 2 amide bonds. The molecule has 0 spiro atoms. The molecule has 0 bridgehead atoms. The van der Waals surface area contributed by atoms with E-state index in [1.807, 2.05) is 13.8 Å². The molecule has 0 aliphatic rings. The Morgan fingerprint density at radius 1 is 1.36 bits per heavy atom. The first-order valence-electron chi connectivity index (χ1n) is 6.51. The summed E-state index contributed by atoms with van der Waals surface area (Å²) in [5, 5.41) is 4.97. The summed E-state index contributed by atoms with van der Waals surface area (Å²) in [5.74, 6) is -1.34. The number of halogens is 2. The molecule has 0 aromatic heterocycles. The SMILES string of the molecule is COc1cc(NC(=O)CNC(=O)[C@@H](N)C(C)C)ccc1F.Cl. The van der Waals surface area contributed by atoms with Gasteiger partial charge in [-0.1, -0.05) is 13.8 Å². The lowest BCUT2D eigenvalue weighted by Gasteiger charge is -2.15. The Hall–Kier alpha value is -1.86. The largest absolute Gasteiger partial charge is 0.494 e. The van der Waals surface area contributed by atoms with Gasteiger partial charge in [-0.15, -0.1) is 12.4 Å². The maximum Gasteiger partial charge on any atom is 0.243 e. The van der Waals surface area contributed by atoms with Crippen LogP contribution in [0.1, 0.15) is 13.8 Å². The van der Waals surface area contributed by atoms with E-state index < -0.39 is 23.7 Å². The number of carbonyl (C=O) groups excluding carboxylic acids is 2. The van der Waals surface area contributed by atoms with Gasteiger partial charge in [-0.05, 0) is 18.1 Å². The second-order valence-corrected chi connectivity index (χ2v) is 4.89. The molecule has 0 heterocycles. The number of hydrogen-bond acceptors (Lipinski definition) is 4. The number of rotatable bonds is 6. The maximum atomic E-state index is 13.2. The monoisotopic (exact) mass is 333 g/mol. The van der Waals surface area contributed by atoms with Crippen LogP contribution in [-0.4, -0.2) is 31.5 Å². The van der Waals surface area contributed by atoms with Gasteiger partial charge in [0.15, 0.2) is 11.6 Å². The van der Waals surface area contributed by atoms with Crippen LogP contribution < -0.4 is 21.1 Å². The third kappa shape index (κ3) is 5.87. The summed E-state index contributed by atoms with van der Waals surface area (Å²) in [6.45, 7) is 3.42. The maximum absolute atomic E-state index is 13.2. The molecule has 0 aliphatic carbocycles. The van der Waals surface area contributed by atoms with Crippen LogP contribution in [0.4, 0.5) is 10.1 Å². The van der Waals surface area contributed by atoms with Gasteiger partial charge in [-0.25, -0.2) is 4.39 Å². The lowest BCUT2D eigenvalue weighted by molar-refractivity contribution is -0.125. The van der Waals surface area contributed by atoms with Crippen LogP contribution in [0.3, 0.4) is 0 Å². The van der Waals surface area contributed by atoms with Crippen LogP contribution >= 0.6 is 12.4 Å². The Labute approximate surface area is 135 Å².